The molecule has 1 unspecified atom stereocenters. The summed E-state index contributed by atoms with van der Waals surface area (Å²) in [5.74, 6) is 0.0803. The molecule has 0 radical (unpaired) electrons. The molecular weight excluding hydrogens is 372 g/mol. The van der Waals surface area contributed by atoms with Gasteiger partial charge in [-0.1, -0.05) is 30.3 Å². The van der Waals surface area contributed by atoms with E-state index in [-0.39, 0.29) is 24.2 Å². The Morgan fingerprint density at radius 2 is 1.83 bits per heavy atom. The van der Waals surface area contributed by atoms with Gasteiger partial charge in [-0.15, -0.1) is 0 Å². The van der Waals surface area contributed by atoms with Gasteiger partial charge in [-0.2, -0.15) is 0 Å². The van der Waals surface area contributed by atoms with E-state index in [2.05, 4.69) is 15.3 Å². The molecule has 4 amide bonds. The first kappa shape index (κ1) is 18.9. The van der Waals surface area contributed by atoms with E-state index in [4.69, 9.17) is 0 Å². The van der Waals surface area contributed by atoms with Gasteiger partial charge >= 0.3 is 6.03 Å². The second-order valence-electron chi connectivity index (χ2n) is 7.30. The number of hydrogen-bond donors (Lipinski definition) is 1. The van der Waals surface area contributed by atoms with Crippen molar-refractivity contribution in [2.45, 2.75) is 12.6 Å². The molecular formula is C20H22N6O3. The minimum atomic E-state index is -0.614. The van der Waals surface area contributed by atoms with Crippen molar-refractivity contribution in [2.24, 2.45) is 5.92 Å². The maximum absolute atomic E-state index is 12.6. The highest BCUT2D eigenvalue weighted by Gasteiger charge is 2.39. The number of nitrogens with zero attached hydrogens (tertiary/aromatic N) is 5. The Kier molecular flexibility index (Phi) is 4.87. The van der Waals surface area contributed by atoms with Crippen LogP contribution in [-0.4, -0.2) is 71.0 Å². The summed E-state index contributed by atoms with van der Waals surface area (Å²) in [6.07, 6.45) is 0.986. The SMILES string of the molecule is CN1C(=O)CC(NC(=O)C2CN(c3cc(-c4ccccc4)ncn3)C2)N(C)C1=O. The lowest BCUT2D eigenvalue weighted by Gasteiger charge is -2.41. The van der Waals surface area contributed by atoms with Gasteiger partial charge in [0.15, 0.2) is 0 Å². The number of carbonyl (C=O) groups excluding carboxylic acids is 3. The number of urea groups is 1. The molecule has 0 bridgehead atoms. The van der Waals surface area contributed by atoms with E-state index in [1.807, 2.05) is 41.3 Å². The quantitative estimate of drug-likeness (QED) is 0.829. The second-order valence-corrected chi connectivity index (χ2v) is 7.30. The number of anilines is 1. The third-order valence-electron chi connectivity index (χ3n) is 5.41. The molecule has 2 saturated heterocycles. The molecule has 9 nitrogen and oxygen atoms in total. The van der Waals surface area contributed by atoms with Crippen molar-refractivity contribution in [3.8, 4) is 11.3 Å². The van der Waals surface area contributed by atoms with E-state index in [1.165, 1.54) is 18.3 Å². The summed E-state index contributed by atoms with van der Waals surface area (Å²) in [7, 11) is 3.02. The molecule has 3 heterocycles. The van der Waals surface area contributed by atoms with Crippen molar-refractivity contribution < 1.29 is 14.4 Å². The molecule has 150 valence electrons. The monoisotopic (exact) mass is 394 g/mol. The molecule has 1 aromatic carbocycles. The number of rotatable bonds is 4. The number of aromatic nitrogens is 2. The highest BCUT2D eigenvalue weighted by molar-refractivity contribution is 5.97. The Morgan fingerprint density at radius 3 is 2.55 bits per heavy atom. The molecule has 1 aromatic heterocycles. The van der Waals surface area contributed by atoms with Crippen LogP contribution in [-0.2, 0) is 9.59 Å². The van der Waals surface area contributed by atoms with E-state index in [0.29, 0.717) is 13.1 Å². The van der Waals surface area contributed by atoms with Crippen LogP contribution in [0.15, 0.2) is 42.7 Å². The fourth-order valence-corrected chi connectivity index (χ4v) is 3.46. The van der Waals surface area contributed by atoms with Crippen molar-refractivity contribution in [1.29, 1.82) is 0 Å². The highest BCUT2D eigenvalue weighted by atomic mass is 16.2. The zero-order valence-corrected chi connectivity index (χ0v) is 16.3. The standard InChI is InChI=1S/C20H22N6O3/c1-24-17(9-18(27)25(2)20(24)29)23-19(28)14-10-26(11-14)16-8-15(21-12-22-16)13-6-4-3-5-7-13/h3-8,12,14,17H,9-11H2,1-2H3,(H,23,28). The van der Waals surface area contributed by atoms with Gasteiger partial charge < -0.3 is 15.1 Å². The van der Waals surface area contributed by atoms with Crippen LogP contribution in [0.3, 0.4) is 0 Å². The molecule has 2 aromatic rings. The lowest BCUT2D eigenvalue weighted by Crippen LogP contribution is -2.62. The summed E-state index contributed by atoms with van der Waals surface area (Å²) in [6.45, 7) is 1.05. The summed E-state index contributed by atoms with van der Waals surface area (Å²) in [6, 6.07) is 11.3. The van der Waals surface area contributed by atoms with E-state index in [1.54, 1.807) is 7.05 Å². The van der Waals surface area contributed by atoms with Crippen LogP contribution in [0.25, 0.3) is 11.3 Å². The summed E-state index contributed by atoms with van der Waals surface area (Å²) >= 11 is 0. The highest BCUT2D eigenvalue weighted by Crippen LogP contribution is 2.26. The average molecular weight is 394 g/mol. The van der Waals surface area contributed by atoms with Crippen LogP contribution in [0, 0.1) is 5.92 Å². The van der Waals surface area contributed by atoms with Gasteiger partial charge in [-0.3, -0.25) is 14.5 Å². The molecule has 2 fully saturated rings. The minimum Gasteiger partial charge on any atom is -0.355 e. The minimum absolute atomic E-state index is 0.0766. The van der Waals surface area contributed by atoms with E-state index < -0.39 is 12.2 Å². The number of nitrogens with one attached hydrogen (secondary N) is 1. The molecule has 1 atom stereocenters. The van der Waals surface area contributed by atoms with E-state index >= 15 is 0 Å². The Hall–Kier alpha value is -3.49. The number of benzene rings is 1. The van der Waals surface area contributed by atoms with Gasteiger partial charge in [0.25, 0.3) is 0 Å². The van der Waals surface area contributed by atoms with Crippen LogP contribution in [0.2, 0.25) is 0 Å². The fraction of sp³-hybridized carbons (Fsp3) is 0.350. The van der Waals surface area contributed by atoms with Crippen LogP contribution in [0.1, 0.15) is 6.42 Å². The average Bonchev–Trinajstić information content (AvgIpc) is 2.70. The maximum Gasteiger partial charge on any atom is 0.327 e. The summed E-state index contributed by atoms with van der Waals surface area (Å²) in [5.41, 5.74) is 1.83. The van der Waals surface area contributed by atoms with Crippen LogP contribution >= 0.6 is 0 Å². The zero-order valence-electron chi connectivity index (χ0n) is 16.3. The predicted molar refractivity (Wildman–Crippen MR) is 106 cm³/mol. The number of hydrogen-bond acceptors (Lipinski definition) is 6. The Balaban J connectivity index is 1.36. The van der Waals surface area contributed by atoms with Gasteiger partial charge in [0.1, 0.15) is 18.3 Å². The van der Waals surface area contributed by atoms with Crippen molar-refractivity contribution in [3.05, 3.63) is 42.7 Å². The molecule has 0 saturated carbocycles. The first-order chi connectivity index (χ1) is 13.9. The molecule has 4 rings (SSSR count). The third-order valence-corrected chi connectivity index (χ3v) is 5.41. The normalized spacial score (nSPS) is 19.9. The number of amides is 4. The van der Waals surface area contributed by atoms with Gasteiger partial charge in [0, 0.05) is 38.8 Å². The van der Waals surface area contributed by atoms with Gasteiger partial charge in [-0.05, 0) is 0 Å². The van der Waals surface area contributed by atoms with Crippen LogP contribution in [0.5, 0.6) is 0 Å². The maximum atomic E-state index is 12.6. The first-order valence-electron chi connectivity index (χ1n) is 9.40. The van der Waals surface area contributed by atoms with Gasteiger partial charge in [0.2, 0.25) is 11.8 Å². The topological polar surface area (TPSA) is 98.7 Å². The lowest BCUT2D eigenvalue weighted by molar-refractivity contribution is -0.133. The smallest absolute Gasteiger partial charge is 0.327 e. The van der Waals surface area contributed by atoms with Crippen molar-refractivity contribution in [3.63, 3.8) is 0 Å². The Bertz CT molecular complexity index is 944. The summed E-state index contributed by atoms with van der Waals surface area (Å²) < 4.78 is 0. The summed E-state index contributed by atoms with van der Waals surface area (Å²) in [4.78, 5) is 49.6. The lowest BCUT2D eigenvalue weighted by atomic mass is 9.98. The second kappa shape index (κ2) is 7.50. The zero-order chi connectivity index (χ0) is 20.5. The summed E-state index contributed by atoms with van der Waals surface area (Å²) in [5, 5.41) is 2.82. The Morgan fingerprint density at radius 1 is 1.10 bits per heavy atom. The van der Waals surface area contributed by atoms with E-state index in [9.17, 15) is 14.4 Å². The van der Waals surface area contributed by atoms with Crippen molar-refractivity contribution >= 4 is 23.7 Å². The fourth-order valence-electron chi connectivity index (χ4n) is 3.46. The number of imide groups is 1. The van der Waals surface area contributed by atoms with Crippen LogP contribution in [0.4, 0.5) is 10.6 Å². The molecule has 2 aliphatic heterocycles. The van der Waals surface area contributed by atoms with Gasteiger partial charge in [-0.25, -0.2) is 14.8 Å². The van der Waals surface area contributed by atoms with Gasteiger partial charge in [0.05, 0.1) is 18.0 Å². The molecule has 29 heavy (non-hydrogen) atoms. The molecule has 0 spiro atoms. The molecule has 0 aliphatic carbocycles. The molecule has 2 aliphatic rings. The van der Waals surface area contributed by atoms with E-state index in [0.717, 1.165) is 22.0 Å². The molecule has 9 heteroatoms. The predicted octanol–water partition coefficient (Wildman–Crippen LogP) is 0.936. The largest absolute Gasteiger partial charge is 0.355 e. The molecule has 1 N–H and O–H groups in total. The van der Waals surface area contributed by atoms with Crippen LogP contribution < -0.4 is 10.2 Å². The first-order valence-corrected chi connectivity index (χ1v) is 9.40. The third kappa shape index (κ3) is 3.63. The van der Waals surface area contributed by atoms with Crippen molar-refractivity contribution in [1.82, 2.24) is 25.1 Å². The van der Waals surface area contributed by atoms with Crippen molar-refractivity contribution in [2.75, 3.05) is 32.1 Å². The Labute approximate surface area is 168 Å². The number of carbonyl (C=O) groups is 3.